The Morgan fingerprint density at radius 2 is 2.13 bits per heavy atom. The fourth-order valence-corrected chi connectivity index (χ4v) is 3.18. The zero-order chi connectivity index (χ0) is 10.7. The van der Waals surface area contributed by atoms with Crippen LogP contribution in [0.3, 0.4) is 0 Å². The molecule has 0 aromatic heterocycles. The lowest BCUT2D eigenvalue weighted by Crippen LogP contribution is -2.05. The highest BCUT2D eigenvalue weighted by Crippen LogP contribution is 2.62. The monoisotopic (exact) mass is 242 g/mol. The van der Waals surface area contributed by atoms with Crippen LogP contribution in [-0.2, 0) is 11.2 Å². The van der Waals surface area contributed by atoms with Gasteiger partial charge in [-0.05, 0) is 29.5 Å². The van der Waals surface area contributed by atoms with Gasteiger partial charge in [0.05, 0.1) is 16.0 Å². The molecule has 15 heavy (non-hydrogen) atoms. The molecule has 1 N–H and O–H groups in total. The lowest BCUT2D eigenvalue weighted by molar-refractivity contribution is -0.139. The first-order chi connectivity index (χ1) is 7.11. The van der Waals surface area contributed by atoms with Crippen molar-refractivity contribution >= 4 is 29.2 Å². The van der Waals surface area contributed by atoms with Crippen molar-refractivity contribution in [2.24, 2.45) is 11.8 Å². The summed E-state index contributed by atoms with van der Waals surface area (Å²) in [5, 5.41) is 10.1. The summed E-state index contributed by atoms with van der Waals surface area (Å²) in [7, 11) is 0. The second-order valence-corrected chi connectivity index (χ2v) is 4.97. The average Bonchev–Trinajstić information content (AvgIpc) is 2.78. The van der Waals surface area contributed by atoms with Crippen molar-refractivity contribution in [2.75, 3.05) is 0 Å². The first-order valence-electron chi connectivity index (χ1n) is 4.81. The molecular weight excluding hydrogens is 235 g/mol. The Morgan fingerprint density at radius 3 is 2.80 bits per heavy atom. The summed E-state index contributed by atoms with van der Waals surface area (Å²) in [5.41, 5.74) is 2.14. The van der Waals surface area contributed by atoms with E-state index in [-0.39, 0.29) is 17.8 Å². The van der Waals surface area contributed by atoms with E-state index in [0.717, 1.165) is 17.5 Å². The third kappa shape index (κ3) is 1.15. The van der Waals surface area contributed by atoms with E-state index in [2.05, 4.69) is 0 Å². The van der Waals surface area contributed by atoms with Crippen LogP contribution in [0, 0.1) is 11.8 Å². The summed E-state index contributed by atoms with van der Waals surface area (Å²) in [6.45, 7) is 0. The number of fused-ring (bicyclic) bond motifs is 3. The Kier molecular flexibility index (Phi) is 1.83. The molecule has 0 bridgehead atoms. The maximum Gasteiger partial charge on any atom is 0.307 e. The summed E-state index contributed by atoms with van der Waals surface area (Å²) in [4.78, 5) is 10.9. The zero-order valence-corrected chi connectivity index (χ0v) is 9.22. The lowest BCUT2D eigenvalue weighted by atomic mass is 10.0. The predicted octanol–water partition coefficient (Wildman–Crippen LogP) is 2.96. The zero-order valence-electron chi connectivity index (χ0n) is 7.71. The molecule has 1 fully saturated rings. The molecule has 0 amide bonds. The molecular formula is C11H8Cl2O2. The smallest absolute Gasteiger partial charge is 0.307 e. The number of hydrogen-bond acceptors (Lipinski definition) is 1. The molecule has 2 aliphatic carbocycles. The van der Waals surface area contributed by atoms with Crippen molar-refractivity contribution in [3.63, 3.8) is 0 Å². The molecule has 2 aliphatic rings. The number of rotatable bonds is 1. The van der Waals surface area contributed by atoms with Crippen molar-refractivity contribution in [1.82, 2.24) is 0 Å². The number of aliphatic carboxylic acids is 1. The molecule has 3 rings (SSSR count). The van der Waals surface area contributed by atoms with Crippen LogP contribution in [0.25, 0.3) is 0 Å². The van der Waals surface area contributed by atoms with Crippen molar-refractivity contribution in [1.29, 1.82) is 0 Å². The maximum atomic E-state index is 10.9. The van der Waals surface area contributed by atoms with Gasteiger partial charge in [-0.25, -0.2) is 0 Å². The SMILES string of the molecule is O=C(O)[C@@H]1[C@@H]2Cc3c(ccc(Cl)c3Cl)[C@@H]21. The quantitative estimate of drug-likeness (QED) is 0.823. The molecule has 0 unspecified atom stereocenters. The van der Waals surface area contributed by atoms with Crippen LogP contribution in [-0.4, -0.2) is 11.1 Å². The molecule has 1 aromatic rings. The highest BCUT2D eigenvalue weighted by atomic mass is 35.5. The number of halogens is 2. The predicted molar refractivity (Wildman–Crippen MR) is 57.5 cm³/mol. The minimum Gasteiger partial charge on any atom is -0.481 e. The summed E-state index contributed by atoms with van der Waals surface area (Å²) < 4.78 is 0. The summed E-state index contributed by atoms with van der Waals surface area (Å²) >= 11 is 12.0. The maximum absolute atomic E-state index is 10.9. The molecule has 1 saturated carbocycles. The minimum atomic E-state index is -0.693. The van der Waals surface area contributed by atoms with E-state index in [1.54, 1.807) is 6.07 Å². The van der Waals surface area contributed by atoms with Gasteiger partial charge in [-0.3, -0.25) is 4.79 Å². The second kappa shape index (κ2) is 2.89. The summed E-state index contributed by atoms with van der Waals surface area (Å²) in [6.07, 6.45) is 0.760. The average molecular weight is 243 g/mol. The third-order valence-corrected chi connectivity index (χ3v) is 4.33. The van der Waals surface area contributed by atoms with Gasteiger partial charge in [-0.15, -0.1) is 0 Å². The van der Waals surface area contributed by atoms with E-state index in [4.69, 9.17) is 28.3 Å². The molecule has 0 radical (unpaired) electrons. The van der Waals surface area contributed by atoms with Crippen LogP contribution in [0.2, 0.25) is 10.0 Å². The van der Waals surface area contributed by atoms with Crippen molar-refractivity contribution in [3.05, 3.63) is 33.3 Å². The first kappa shape index (κ1) is 9.49. The van der Waals surface area contributed by atoms with Gasteiger partial charge < -0.3 is 5.11 Å². The van der Waals surface area contributed by atoms with Crippen molar-refractivity contribution in [3.8, 4) is 0 Å². The van der Waals surface area contributed by atoms with Crippen LogP contribution in [0.4, 0.5) is 0 Å². The number of benzene rings is 1. The number of carbonyl (C=O) groups is 1. The van der Waals surface area contributed by atoms with E-state index in [1.165, 1.54) is 0 Å². The Bertz CT molecular complexity index is 470. The van der Waals surface area contributed by atoms with E-state index in [1.807, 2.05) is 6.07 Å². The van der Waals surface area contributed by atoms with Crippen LogP contribution in [0.5, 0.6) is 0 Å². The Morgan fingerprint density at radius 1 is 1.40 bits per heavy atom. The Hall–Kier alpha value is -0.730. The Balaban J connectivity index is 2.04. The number of hydrogen-bond donors (Lipinski definition) is 1. The van der Waals surface area contributed by atoms with Gasteiger partial charge in [0.15, 0.2) is 0 Å². The highest BCUT2D eigenvalue weighted by Gasteiger charge is 2.60. The minimum absolute atomic E-state index is 0.173. The fraction of sp³-hybridized carbons (Fsp3) is 0.364. The van der Waals surface area contributed by atoms with E-state index >= 15 is 0 Å². The van der Waals surface area contributed by atoms with E-state index in [9.17, 15) is 4.79 Å². The van der Waals surface area contributed by atoms with E-state index in [0.29, 0.717) is 10.0 Å². The molecule has 0 heterocycles. The van der Waals surface area contributed by atoms with Crippen molar-refractivity contribution in [2.45, 2.75) is 12.3 Å². The van der Waals surface area contributed by atoms with Gasteiger partial charge in [0.1, 0.15) is 0 Å². The third-order valence-electron chi connectivity index (χ3n) is 3.48. The van der Waals surface area contributed by atoms with Gasteiger partial charge in [0, 0.05) is 5.92 Å². The van der Waals surface area contributed by atoms with Gasteiger partial charge in [-0.1, -0.05) is 29.3 Å². The first-order valence-corrected chi connectivity index (χ1v) is 5.56. The van der Waals surface area contributed by atoms with E-state index < -0.39 is 5.97 Å². The normalized spacial score (nSPS) is 30.9. The lowest BCUT2D eigenvalue weighted by Gasteiger charge is -2.08. The molecule has 4 heteroatoms. The molecule has 2 nitrogen and oxygen atoms in total. The molecule has 0 spiro atoms. The Labute approximate surface area is 96.8 Å². The molecule has 3 atom stereocenters. The van der Waals surface area contributed by atoms with Crippen molar-refractivity contribution < 1.29 is 9.90 Å². The highest BCUT2D eigenvalue weighted by molar-refractivity contribution is 6.42. The van der Waals surface area contributed by atoms with Gasteiger partial charge in [0.25, 0.3) is 0 Å². The van der Waals surface area contributed by atoms with Gasteiger partial charge in [-0.2, -0.15) is 0 Å². The standard InChI is InChI=1S/C11H8Cl2O2/c12-7-2-1-4-5(10(7)13)3-6-8(4)9(6)11(14)15/h1-2,6,8-9H,3H2,(H,14,15)/t6-,8+,9-/m1/s1. The number of carboxylic acids is 1. The molecule has 0 aliphatic heterocycles. The van der Waals surface area contributed by atoms with Crippen LogP contribution < -0.4 is 0 Å². The second-order valence-electron chi connectivity index (χ2n) is 4.19. The molecule has 0 saturated heterocycles. The van der Waals surface area contributed by atoms with Crippen LogP contribution in [0.15, 0.2) is 12.1 Å². The summed E-state index contributed by atoms with van der Waals surface area (Å²) in [6, 6.07) is 3.67. The molecule has 1 aromatic carbocycles. The van der Waals surface area contributed by atoms with Gasteiger partial charge >= 0.3 is 5.97 Å². The molecule has 78 valence electrons. The largest absolute Gasteiger partial charge is 0.481 e. The summed E-state index contributed by atoms with van der Waals surface area (Å²) in [5.74, 6) is -0.475. The number of carboxylic acid groups (broad SMARTS) is 1. The van der Waals surface area contributed by atoms with Gasteiger partial charge in [0.2, 0.25) is 0 Å². The fourth-order valence-electron chi connectivity index (χ4n) is 2.75. The topological polar surface area (TPSA) is 37.3 Å². The van der Waals surface area contributed by atoms with Crippen LogP contribution in [0.1, 0.15) is 17.0 Å². The van der Waals surface area contributed by atoms with Crippen LogP contribution >= 0.6 is 23.2 Å².